The van der Waals surface area contributed by atoms with E-state index in [1.807, 2.05) is 6.07 Å². The quantitative estimate of drug-likeness (QED) is 0.791. The van der Waals surface area contributed by atoms with Crippen molar-refractivity contribution in [3.63, 3.8) is 0 Å². The molecule has 1 unspecified atom stereocenters. The van der Waals surface area contributed by atoms with E-state index in [9.17, 15) is 9.00 Å². The van der Waals surface area contributed by atoms with Gasteiger partial charge >= 0.3 is 0 Å². The number of hydrogen-bond acceptors (Lipinski definition) is 2. The van der Waals surface area contributed by atoms with Crippen molar-refractivity contribution >= 4 is 31.6 Å². The molecule has 0 saturated carbocycles. The second kappa shape index (κ2) is 4.23. The highest BCUT2D eigenvalue weighted by atomic mass is 79.9. The van der Waals surface area contributed by atoms with Gasteiger partial charge in [-0.15, -0.1) is 0 Å². The second-order valence-electron chi connectivity index (χ2n) is 2.84. The van der Waals surface area contributed by atoms with Crippen LogP contribution in [-0.4, -0.2) is 16.4 Å². The summed E-state index contributed by atoms with van der Waals surface area (Å²) in [7, 11) is -2.61. The maximum absolute atomic E-state index is 12.0. The maximum atomic E-state index is 12.0. The van der Waals surface area contributed by atoms with Gasteiger partial charge in [-0.3, -0.25) is 4.79 Å². The van der Waals surface area contributed by atoms with Crippen molar-refractivity contribution in [3.05, 3.63) is 28.7 Å². The Morgan fingerprint density at radius 3 is 2.50 bits per heavy atom. The van der Waals surface area contributed by atoms with Crippen molar-refractivity contribution in [1.82, 2.24) is 0 Å². The predicted molar refractivity (Wildman–Crippen MR) is 59.6 cm³/mol. The normalized spacial score (nSPS) is 14.5. The Labute approximate surface area is 91.8 Å². The third kappa shape index (κ3) is 2.65. The van der Waals surface area contributed by atoms with E-state index in [0.717, 1.165) is 0 Å². The molecule has 0 aliphatic heterocycles. The van der Waals surface area contributed by atoms with Crippen LogP contribution in [0.15, 0.2) is 38.0 Å². The summed E-state index contributed by atoms with van der Waals surface area (Å²) in [6, 6.07) is 7.04. The highest BCUT2D eigenvalue weighted by molar-refractivity contribution is 9.10. The first-order chi connectivity index (χ1) is 6.43. The van der Waals surface area contributed by atoms with Crippen LogP contribution in [0.1, 0.15) is 6.92 Å². The first kappa shape index (κ1) is 11.4. The molecule has 0 spiro atoms. The van der Waals surface area contributed by atoms with Crippen LogP contribution in [0.3, 0.4) is 0 Å². The van der Waals surface area contributed by atoms with Gasteiger partial charge in [-0.25, -0.2) is 4.21 Å². The zero-order valence-corrected chi connectivity index (χ0v) is 10.3. The van der Waals surface area contributed by atoms with Gasteiger partial charge in [-0.2, -0.15) is 4.36 Å². The Balaban J connectivity index is 3.38. The number of rotatable bonds is 1. The Morgan fingerprint density at radius 1 is 1.43 bits per heavy atom. The lowest BCUT2D eigenvalue weighted by molar-refractivity contribution is -0.115. The zero-order valence-electron chi connectivity index (χ0n) is 7.86. The largest absolute Gasteiger partial charge is 0.272 e. The van der Waals surface area contributed by atoms with Gasteiger partial charge < -0.3 is 0 Å². The highest BCUT2D eigenvalue weighted by Gasteiger charge is 2.10. The van der Waals surface area contributed by atoms with Crippen LogP contribution in [0.2, 0.25) is 0 Å². The molecule has 0 radical (unpaired) electrons. The fraction of sp³-hybridized carbons (Fsp3) is 0.222. The third-order valence-corrected chi connectivity index (χ3v) is 4.28. The van der Waals surface area contributed by atoms with Crippen LogP contribution in [0.5, 0.6) is 0 Å². The molecule has 5 heteroatoms. The molecule has 3 nitrogen and oxygen atoms in total. The number of nitrogens with zero attached hydrogens (tertiary/aromatic N) is 1. The summed E-state index contributed by atoms with van der Waals surface area (Å²) in [6.45, 7) is 1.29. The Morgan fingerprint density at radius 2 is 2.00 bits per heavy atom. The van der Waals surface area contributed by atoms with Gasteiger partial charge in [0.25, 0.3) is 5.91 Å². The molecule has 1 aromatic carbocycles. The van der Waals surface area contributed by atoms with E-state index in [2.05, 4.69) is 20.3 Å². The number of halogens is 1. The molecular formula is C9H10BrNO2S. The molecule has 0 N–H and O–H groups in total. The minimum absolute atomic E-state index is 0.423. The van der Waals surface area contributed by atoms with E-state index in [0.29, 0.717) is 9.37 Å². The summed E-state index contributed by atoms with van der Waals surface area (Å²) in [4.78, 5) is 11.3. The van der Waals surface area contributed by atoms with Gasteiger partial charge in [0.2, 0.25) is 0 Å². The lowest BCUT2D eigenvalue weighted by atomic mass is 10.4. The number of carbonyl (C=O) groups is 1. The van der Waals surface area contributed by atoms with Gasteiger partial charge in [-0.1, -0.05) is 12.1 Å². The minimum atomic E-state index is -2.61. The van der Waals surface area contributed by atoms with Crippen LogP contribution in [0.4, 0.5) is 0 Å². The number of carbonyl (C=O) groups excluding carboxylic acids is 1. The summed E-state index contributed by atoms with van der Waals surface area (Å²) >= 11 is 3.27. The van der Waals surface area contributed by atoms with Crippen molar-refractivity contribution in [2.75, 3.05) is 6.26 Å². The van der Waals surface area contributed by atoms with Crippen molar-refractivity contribution in [1.29, 1.82) is 0 Å². The lowest BCUT2D eigenvalue weighted by Crippen LogP contribution is -2.01. The number of hydrogen-bond donors (Lipinski definition) is 0. The third-order valence-electron chi connectivity index (χ3n) is 1.55. The first-order valence-electron chi connectivity index (χ1n) is 3.91. The standard InChI is InChI=1S/C9H10BrNO2S/c1-7(12)11-14(2,13)9-6-4-3-5-8(9)10/h3-6H,1-2H3. The first-order valence-corrected chi connectivity index (χ1v) is 6.62. The fourth-order valence-corrected chi connectivity index (χ4v) is 3.58. The summed E-state index contributed by atoms with van der Waals surface area (Å²) in [5, 5.41) is 0. The molecule has 14 heavy (non-hydrogen) atoms. The van der Waals surface area contributed by atoms with Crippen LogP contribution in [0.25, 0.3) is 0 Å². The van der Waals surface area contributed by atoms with Crippen molar-refractivity contribution in [2.24, 2.45) is 4.36 Å². The van der Waals surface area contributed by atoms with E-state index in [1.165, 1.54) is 13.2 Å². The monoisotopic (exact) mass is 275 g/mol. The average molecular weight is 276 g/mol. The molecule has 0 bridgehead atoms. The van der Waals surface area contributed by atoms with Gasteiger partial charge in [0, 0.05) is 17.7 Å². The second-order valence-corrected chi connectivity index (χ2v) is 5.93. The smallest absolute Gasteiger partial charge is 0.250 e. The molecule has 76 valence electrons. The molecule has 0 heterocycles. The molecule has 1 aromatic rings. The van der Waals surface area contributed by atoms with Crippen molar-refractivity contribution in [2.45, 2.75) is 11.8 Å². The Hall–Kier alpha value is -0.680. The summed E-state index contributed by atoms with van der Waals surface area (Å²) in [5.41, 5.74) is 0. The van der Waals surface area contributed by atoms with Crippen LogP contribution in [0, 0.1) is 0 Å². The average Bonchev–Trinajstić information content (AvgIpc) is 2.02. The summed E-state index contributed by atoms with van der Waals surface area (Å²) in [5.74, 6) is -0.423. The molecule has 0 aromatic heterocycles. The van der Waals surface area contributed by atoms with E-state index in [-0.39, 0.29) is 0 Å². The summed E-state index contributed by atoms with van der Waals surface area (Å²) in [6.07, 6.45) is 1.45. The molecule has 0 aliphatic carbocycles. The van der Waals surface area contributed by atoms with E-state index < -0.39 is 15.6 Å². The summed E-state index contributed by atoms with van der Waals surface area (Å²) < 4.78 is 16.3. The van der Waals surface area contributed by atoms with E-state index in [1.54, 1.807) is 18.2 Å². The number of amides is 1. The lowest BCUT2D eigenvalue weighted by Gasteiger charge is -2.04. The van der Waals surface area contributed by atoms with E-state index in [4.69, 9.17) is 0 Å². The van der Waals surface area contributed by atoms with Crippen molar-refractivity contribution in [3.8, 4) is 0 Å². The highest BCUT2D eigenvalue weighted by Crippen LogP contribution is 2.22. The molecule has 1 rings (SSSR count). The molecule has 1 atom stereocenters. The Kier molecular flexibility index (Phi) is 3.44. The molecular weight excluding hydrogens is 266 g/mol. The fourth-order valence-electron chi connectivity index (χ4n) is 1.05. The molecule has 0 aliphatic rings. The topological polar surface area (TPSA) is 46.5 Å². The minimum Gasteiger partial charge on any atom is -0.272 e. The SMILES string of the molecule is CC(=O)N=S(C)(=O)c1ccccc1Br. The predicted octanol–water partition coefficient (Wildman–Crippen LogP) is 2.45. The Bertz CT molecular complexity index is 475. The van der Waals surface area contributed by atoms with Gasteiger partial charge in [0.05, 0.1) is 14.6 Å². The van der Waals surface area contributed by atoms with Gasteiger partial charge in [0.15, 0.2) is 0 Å². The van der Waals surface area contributed by atoms with E-state index >= 15 is 0 Å². The van der Waals surface area contributed by atoms with Crippen LogP contribution < -0.4 is 0 Å². The maximum Gasteiger partial charge on any atom is 0.250 e. The number of benzene rings is 1. The van der Waals surface area contributed by atoms with Gasteiger partial charge in [-0.05, 0) is 28.1 Å². The molecule has 0 saturated heterocycles. The van der Waals surface area contributed by atoms with Crippen LogP contribution >= 0.6 is 15.9 Å². The van der Waals surface area contributed by atoms with Crippen LogP contribution in [-0.2, 0) is 14.5 Å². The van der Waals surface area contributed by atoms with Gasteiger partial charge in [0.1, 0.15) is 0 Å². The molecule has 0 fully saturated rings. The molecule has 1 amide bonds. The zero-order chi connectivity index (χ0) is 10.8. The van der Waals surface area contributed by atoms with Crippen molar-refractivity contribution < 1.29 is 9.00 Å².